The summed E-state index contributed by atoms with van der Waals surface area (Å²) >= 11 is 0. The van der Waals surface area contributed by atoms with Gasteiger partial charge in [-0.05, 0) is 69.0 Å². The summed E-state index contributed by atoms with van der Waals surface area (Å²) in [6, 6.07) is 15.3. The zero-order valence-electron chi connectivity index (χ0n) is 18.8. The van der Waals surface area contributed by atoms with Gasteiger partial charge in [0.15, 0.2) is 5.78 Å². The van der Waals surface area contributed by atoms with Gasteiger partial charge in [-0.15, -0.1) is 0 Å². The maximum atomic E-state index is 14.4. The number of carbonyl (C=O) groups is 2. The Hall–Kier alpha value is -2.73. The van der Waals surface area contributed by atoms with E-state index in [1.807, 2.05) is 9.80 Å². The van der Waals surface area contributed by atoms with Crippen LogP contribution in [0, 0.1) is 11.7 Å². The van der Waals surface area contributed by atoms with Crippen molar-refractivity contribution in [3.05, 3.63) is 65.5 Å². The summed E-state index contributed by atoms with van der Waals surface area (Å²) in [4.78, 5) is 30.4. The lowest BCUT2D eigenvalue weighted by molar-refractivity contribution is -0.133. The Bertz CT molecular complexity index is 933. The zero-order valence-corrected chi connectivity index (χ0v) is 18.8. The molecule has 170 valence electrons. The highest BCUT2D eigenvalue weighted by Gasteiger charge is 2.26. The maximum absolute atomic E-state index is 14.4. The van der Waals surface area contributed by atoms with Crippen molar-refractivity contribution in [2.45, 2.75) is 26.2 Å². The first kappa shape index (κ1) is 22.5. The van der Waals surface area contributed by atoms with E-state index in [1.54, 1.807) is 12.1 Å². The van der Waals surface area contributed by atoms with E-state index in [-0.39, 0.29) is 17.5 Å². The van der Waals surface area contributed by atoms with Crippen LogP contribution in [-0.4, -0.2) is 67.3 Å². The van der Waals surface area contributed by atoms with Gasteiger partial charge in [-0.3, -0.25) is 14.5 Å². The van der Waals surface area contributed by atoms with Gasteiger partial charge in [-0.25, -0.2) is 4.39 Å². The minimum absolute atomic E-state index is 0.144. The molecule has 0 aliphatic carbocycles. The molecule has 0 atom stereocenters. The van der Waals surface area contributed by atoms with Crippen LogP contribution >= 0.6 is 0 Å². The summed E-state index contributed by atoms with van der Waals surface area (Å²) in [5.41, 5.74) is 2.28. The first-order valence-electron chi connectivity index (χ1n) is 11.6. The predicted molar refractivity (Wildman–Crippen MR) is 125 cm³/mol. The van der Waals surface area contributed by atoms with Crippen LogP contribution in [0.25, 0.3) is 0 Å². The number of likely N-dealkylation sites (tertiary alicyclic amines) is 1. The van der Waals surface area contributed by atoms with Crippen molar-refractivity contribution in [2.24, 2.45) is 5.92 Å². The van der Waals surface area contributed by atoms with Crippen molar-refractivity contribution in [2.75, 3.05) is 50.7 Å². The standard InChI is InChI=1S/C26H32FN3O2/c1-20(31)23-7-8-25(24(27)18-23)29-13-15-30(16-14-29)26(32)19-28-11-9-22(10-12-28)17-21-5-3-2-4-6-21/h2-8,18,22H,9-17,19H2,1H3. The normalized spacial score (nSPS) is 18.1. The lowest BCUT2D eigenvalue weighted by atomic mass is 9.90. The van der Waals surface area contributed by atoms with Gasteiger partial charge in [0.05, 0.1) is 12.2 Å². The van der Waals surface area contributed by atoms with Gasteiger partial charge >= 0.3 is 0 Å². The number of hydrogen-bond donors (Lipinski definition) is 0. The number of anilines is 1. The molecule has 0 unspecified atom stereocenters. The molecule has 4 rings (SSSR count). The number of piperidine rings is 1. The van der Waals surface area contributed by atoms with E-state index < -0.39 is 0 Å². The zero-order chi connectivity index (χ0) is 22.5. The van der Waals surface area contributed by atoms with Gasteiger partial charge < -0.3 is 9.80 Å². The summed E-state index contributed by atoms with van der Waals surface area (Å²) in [5, 5.41) is 0. The molecule has 1 amide bonds. The Kier molecular flexibility index (Phi) is 7.20. The molecule has 6 heteroatoms. The number of amides is 1. The van der Waals surface area contributed by atoms with Crippen LogP contribution in [-0.2, 0) is 11.2 Å². The Morgan fingerprint density at radius 1 is 0.938 bits per heavy atom. The molecule has 2 fully saturated rings. The monoisotopic (exact) mass is 437 g/mol. The fraction of sp³-hybridized carbons (Fsp3) is 0.462. The van der Waals surface area contributed by atoms with Gasteiger partial charge in [-0.1, -0.05) is 30.3 Å². The van der Waals surface area contributed by atoms with Crippen LogP contribution in [0.5, 0.6) is 0 Å². The van der Waals surface area contributed by atoms with Gasteiger partial charge in [0.1, 0.15) is 5.82 Å². The van der Waals surface area contributed by atoms with E-state index in [1.165, 1.54) is 18.6 Å². The number of ketones is 1. The van der Waals surface area contributed by atoms with Gasteiger partial charge in [0, 0.05) is 31.7 Å². The molecule has 32 heavy (non-hydrogen) atoms. The smallest absolute Gasteiger partial charge is 0.236 e. The molecule has 2 heterocycles. The third kappa shape index (κ3) is 5.54. The lowest BCUT2D eigenvalue weighted by Gasteiger charge is -2.38. The fourth-order valence-corrected chi connectivity index (χ4v) is 4.77. The number of carbonyl (C=O) groups excluding carboxylic acids is 2. The molecule has 0 N–H and O–H groups in total. The summed E-state index contributed by atoms with van der Waals surface area (Å²) in [5.74, 6) is 0.334. The molecule has 0 radical (unpaired) electrons. The van der Waals surface area contributed by atoms with Crippen molar-refractivity contribution < 1.29 is 14.0 Å². The van der Waals surface area contributed by atoms with E-state index in [9.17, 15) is 14.0 Å². The van der Waals surface area contributed by atoms with Gasteiger partial charge in [-0.2, -0.15) is 0 Å². The largest absolute Gasteiger partial charge is 0.366 e. The molecule has 0 spiro atoms. The van der Waals surface area contributed by atoms with E-state index in [0.717, 1.165) is 32.4 Å². The van der Waals surface area contributed by atoms with Crippen LogP contribution < -0.4 is 4.90 Å². The summed E-state index contributed by atoms with van der Waals surface area (Å²) < 4.78 is 14.4. The summed E-state index contributed by atoms with van der Waals surface area (Å²) in [7, 11) is 0. The highest BCUT2D eigenvalue weighted by Crippen LogP contribution is 2.24. The third-order valence-electron chi connectivity index (χ3n) is 6.76. The number of Topliss-reactive ketones (excluding diaryl/α,β-unsaturated/α-hetero) is 1. The van der Waals surface area contributed by atoms with Crippen molar-refractivity contribution in [3.8, 4) is 0 Å². The van der Waals surface area contributed by atoms with Crippen LogP contribution in [0.4, 0.5) is 10.1 Å². The molecular formula is C26H32FN3O2. The highest BCUT2D eigenvalue weighted by molar-refractivity contribution is 5.94. The molecule has 0 aromatic heterocycles. The van der Waals surface area contributed by atoms with E-state index in [4.69, 9.17) is 0 Å². The molecule has 5 nitrogen and oxygen atoms in total. The number of benzene rings is 2. The molecule has 0 saturated carbocycles. The van der Waals surface area contributed by atoms with Crippen LogP contribution in [0.15, 0.2) is 48.5 Å². The van der Waals surface area contributed by atoms with Gasteiger partial charge in [0.2, 0.25) is 5.91 Å². The number of halogens is 1. The molecule has 2 saturated heterocycles. The van der Waals surface area contributed by atoms with Crippen molar-refractivity contribution >= 4 is 17.4 Å². The first-order chi connectivity index (χ1) is 15.5. The first-order valence-corrected chi connectivity index (χ1v) is 11.6. The van der Waals surface area contributed by atoms with Crippen molar-refractivity contribution in [1.29, 1.82) is 0 Å². The number of piperazine rings is 1. The molecule has 2 aliphatic heterocycles. The van der Waals surface area contributed by atoms with Crippen LogP contribution in [0.3, 0.4) is 0 Å². The average molecular weight is 438 g/mol. The second-order valence-corrected chi connectivity index (χ2v) is 9.00. The molecular weight excluding hydrogens is 405 g/mol. The van der Waals surface area contributed by atoms with Crippen molar-refractivity contribution in [3.63, 3.8) is 0 Å². The Morgan fingerprint density at radius 2 is 1.62 bits per heavy atom. The van der Waals surface area contributed by atoms with E-state index in [0.29, 0.717) is 49.9 Å². The van der Waals surface area contributed by atoms with Crippen LogP contribution in [0.2, 0.25) is 0 Å². The SMILES string of the molecule is CC(=O)c1ccc(N2CCN(C(=O)CN3CCC(Cc4ccccc4)CC3)CC2)c(F)c1. The molecule has 2 aromatic carbocycles. The van der Waals surface area contributed by atoms with E-state index in [2.05, 4.69) is 35.2 Å². The number of rotatable bonds is 6. The van der Waals surface area contributed by atoms with Crippen LogP contribution in [0.1, 0.15) is 35.7 Å². The average Bonchev–Trinajstić information content (AvgIpc) is 2.81. The lowest BCUT2D eigenvalue weighted by Crippen LogP contribution is -2.52. The number of nitrogens with zero attached hydrogens (tertiary/aromatic N) is 3. The second-order valence-electron chi connectivity index (χ2n) is 9.00. The summed E-state index contributed by atoms with van der Waals surface area (Å²) in [6.45, 7) is 6.23. The Balaban J connectivity index is 1.22. The third-order valence-corrected chi connectivity index (χ3v) is 6.76. The Labute approximate surface area is 189 Å². The highest BCUT2D eigenvalue weighted by atomic mass is 19.1. The summed E-state index contributed by atoms with van der Waals surface area (Å²) in [6.07, 6.45) is 3.38. The maximum Gasteiger partial charge on any atom is 0.236 e. The quantitative estimate of drug-likeness (QED) is 0.648. The minimum Gasteiger partial charge on any atom is -0.366 e. The van der Waals surface area contributed by atoms with Crippen molar-refractivity contribution in [1.82, 2.24) is 9.80 Å². The molecule has 0 bridgehead atoms. The second kappa shape index (κ2) is 10.3. The topological polar surface area (TPSA) is 43.9 Å². The minimum atomic E-state index is -0.379. The Morgan fingerprint density at radius 3 is 2.25 bits per heavy atom. The molecule has 2 aromatic rings. The van der Waals surface area contributed by atoms with E-state index >= 15 is 0 Å². The van der Waals surface area contributed by atoms with Gasteiger partial charge in [0.25, 0.3) is 0 Å². The number of hydrogen-bond acceptors (Lipinski definition) is 4. The predicted octanol–water partition coefficient (Wildman–Crippen LogP) is 3.63. The molecule has 2 aliphatic rings. The fourth-order valence-electron chi connectivity index (χ4n) is 4.77.